The topological polar surface area (TPSA) is 89.4 Å². The normalized spacial score (nSPS) is 17.5. The molecule has 0 radical (unpaired) electrons. The van der Waals surface area contributed by atoms with E-state index in [1.165, 1.54) is 17.4 Å². The van der Waals surface area contributed by atoms with E-state index in [0.717, 1.165) is 46.6 Å². The van der Waals surface area contributed by atoms with Crippen molar-refractivity contribution in [3.05, 3.63) is 94.3 Å². The van der Waals surface area contributed by atoms with Gasteiger partial charge in [0.25, 0.3) is 5.56 Å². The minimum Gasteiger partial charge on any atom is -0.446 e. The van der Waals surface area contributed by atoms with Gasteiger partial charge in [-0.25, -0.2) is 4.79 Å². The summed E-state index contributed by atoms with van der Waals surface area (Å²) in [5.74, 6) is -0.0847. The van der Waals surface area contributed by atoms with Gasteiger partial charge >= 0.3 is 6.09 Å². The molecule has 2 N–H and O–H groups in total. The van der Waals surface area contributed by atoms with Crippen LogP contribution < -0.4 is 16.2 Å². The van der Waals surface area contributed by atoms with Gasteiger partial charge in [-0.3, -0.25) is 14.2 Å². The first kappa shape index (κ1) is 26.7. The molecular formula is C31H33N3O4S. The number of pyridine rings is 1. The summed E-state index contributed by atoms with van der Waals surface area (Å²) in [6.45, 7) is 5.77. The van der Waals surface area contributed by atoms with Crippen LogP contribution >= 0.6 is 11.3 Å². The number of nitrogens with zero attached hydrogens (tertiary/aromatic N) is 1. The number of nitrogens with one attached hydrogen (secondary N) is 2. The first-order valence-corrected chi connectivity index (χ1v) is 14.1. The molecule has 202 valence electrons. The minimum atomic E-state index is -0.391. The van der Waals surface area contributed by atoms with Crippen molar-refractivity contribution in [2.75, 3.05) is 5.32 Å². The Bertz CT molecular complexity index is 1530. The van der Waals surface area contributed by atoms with Gasteiger partial charge in [0.1, 0.15) is 15.9 Å². The summed E-state index contributed by atoms with van der Waals surface area (Å²) in [6, 6.07) is 22.1. The number of carbonyl (C=O) groups excluding carboxylic acids is 2. The third-order valence-electron chi connectivity index (χ3n) is 6.78. The average Bonchev–Trinajstić information content (AvgIpc) is 3.26. The molecular weight excluding hydrogens is 510 g/mol. The summed E-state index contributed by atoms with van der Waals surface area (Å²) < 4.78 is 7.32. The lowest BCUT2D eigenvalue weighted by Gasteiger charge is -2.30. The molecule has 0 bridgehead atoms. The first-order chi connectivity index (χ1) is 18.7. The fourth-order valence-corrected chi connectivity index (χ4v) is 6.25. The fraction of sp³-hybridized carbons (Fsp3) is 0.323. The molecule has 1 aliphatic carbocycles. The van der Waals surface area contributed by atoms with Crippen LogP contribution in [-0.2, 0) is 4.74 Å². The molecule has 0 saturated heterocycles. The zero-order valence-electron chi connectivity index (χ0n) is 22.4. The van der Waals surface area contributed by atoms with Gasteiger partial charge in [-0.05, 0) is 64.7 Å². The van der Waals surface area contributed by atoms with Crippen molar-refractivity contribution >= 4 is 38.4 Å². The molecule has 0 atom stereocenters. The van der Waals surface area contributed by atoms with Crippen molar-refractivity contribution in [2.45, 2.75) is 64.1 Å². The number of aromatic nitrogens is 1. The van der Waals surface area contributed by atoms with Crippen molar-refractivity contribution < 1.29 is 14.3 Å². The molecule has 0 spiro atoms. The Hall–Kier alpha value is -3.91. The molecule has 0 unspecified atom stereocenters. The maximum atomic E-state index is 13.8. The molecule has 1 aliphatic rings. The standard InChI is InChI=1S/C31H33N3O4S/c1-31(2,3)33-30(37)38-23-16-14-21(15-17-23)32-28-26(27(36)20-10-6-4-7-11-20)24-18-19-25(35)34(29(24)39-28)22-12-8-5-9-13-22/h4-13,18-19,21,23,32H,14-17H2,1-3H3,(H,33,37). The number of anilines is 1. The van der Waals surface area contributed by atoms with Gasteiger partial charge < -0.3 is 15.4 Å². The first-order valence-electron chi connectivity index (χ1n) is 13.3. The van der Waals surface area contributed by atoms with Crippen LogP contribution in [0.2, 0.25) is 0 Å². The number of para-hydroxylation sites is 1. The lowest BCUT2D eigenvalue weighted by atomic mass is 9.92. The maximum absolute atomic E-state index is 13.8. The maximum Gasteiger partial charge on any atom is 0.407 e. The van der Waals surface area contributed by atoms with E-state index >= 15 is 0 Å². The van der Waals surface area contributed by atoms with Crippen LogP contribution in [0.5, 0.6) is 0 Å². The van der Waals surface area contributed by atoms with Crippen LogP contribution in [0.1, 0.15) is 62.4 Å². The van der Waals surface area contributed by atoms with Gasteiger partial charge in [0.15, 0.2) is 5.78 Å². The number of fused-ring (bicyclic) bond motifs is 1. The largest absolute Gasteiger partial charge is 0.446 e. The third kappa shape index (κ3) is 6.06. The van der Waals surface area contributed by atoms with E-state index in [0.29, 0.717) is 11.1 Å². The van der Waals surface area contributed by atoms with E-state index in [2.05, 4.69) is 10.6 Å². The summed E-state index contributed by atoms with van der Waals surface area (Å²) in [7, 11) is 0. The van der Waals surface area contributed by atoms with Crippen molar-refractivity contribution in [3.8, 4) is 5.69 Å². The number of ether oxygens (including phenoxy) is 1. The Kier molecular flexibility index (Phi) is 7.57. The highest BCUT2D eigenvalue weighted by molar-refractivity contribution is 7.23. The summed E-state index contributed by atoms with van der Waals surface area (Å²) in [6.07, 6.45) is 2.53. The van der Waals surface area contributed by atoms with Crippen molar-refractivity contribution in [3.63, 3.8) is 0 Å². The van der Waals surface area contributed by atoms with Crippen molar-refractivity contribution in [1.29, 1.82) is 0 Å². The summed E-state index contributed by atoms with van der Waals surface area (Å²) in [4.78, 5) is 39.8. The van der Waals surface area contributed by atoms with Gasteiger partial charge in [-0.15, -0.1) is 0 Å². The van der Waals surface area contributed by atoms with E-state index in [1.807, 2.05) is 81.4 Å². The number of benzene rings is 2. The smallest absolute Gasteiger partial charge is 0.407 e. The molecule has 1 saturated carbocycles. The molecule has 2 aromatic carbocycles. The van der Waals surface area contributed by atoms with Gasteiger partial charge in [-0.1, -0.05) is 59.9 Å². The number of hydrogen-bond acceptors (Lipinski definition) is 6. The molecule has 0 aliphatic heterocycles. The Morgan fingerprint density at radius 1 is 0.897 bits per heavy atom. The predicted octanol–water partition coefficient (Wildman–Crippen LogP) is 6.53. The van der Waals surface area contributed by atoms with Crippen LogP contribution in [0.4, 0.5) is 9.80 Å². The Morgan fingerprint density at radius 2 is 1.54 bits per heavy atom. The van der Waals surface area contributed by atoms with E-state index in [-0.39, 0.29) is 29.0 Å². The molecule has 2 aromatic heterocycles. The highest BCUT2D eigenvalue weighted by Gasteiger charge is 2.28. The molecule has 5 rings (SSSR count). The van der Waals surface area contributed by atoms with Gasteiger partial charge in [-0.2, -0.15) is 0 Å². The van der Waals surface area contributed by atoms with E-state index in [4.69, 9.17) is 4.74 Å². The number of thiophene rings is 1. The lowest BCUT2D eigenvalue weighted by Crippen LogP contribution is -2.43. The molecule has 2 heterocycles. The van der Waals surface area contributed by atoms with E-state index < -0.39 is 6.09 Å². The second kappa shape index (κ2) is 11.1. The Balaban J connectivity index is 1.45. The Labute approximate surface area is 231 Å². The number of amides is 1. The van der Waals surface area contributed by atoms with Crippen LogP contribution in [-0.4, -0.2) is 34.1 Å². The molecule has 1 amide bonds. The summed E-state index contributed by atoms with van der Waals surface area (Å²) in [5.41, 5.74) is 1.44. The molecule has 7 nitrogen and oxygen atoms in total. The lowest BCUT2D eigenvalue weighted by molar-refractivity contribution is 0.0682. The van der Waals surface area contributed by atoms with Gasteiger partial charge in [0.2, 0.25) is 0 Å². The van der Waals surface area contributed by atoms with Crippen LogP contribution in [0.3, 0.4) is 0 Å². The zero-order valence-corrected chi connectivity index (χ0v) is 23.2. The molecule has 1 fully saturated rings. The molecule has 8 heteroatoms. The zero-order chi connectivity index (χ0) is 27.6. The second-order valence-corrected chi connectivity index (χ2v) is 12.0. The fourth-order valence-electron chi connectivity index (χ4n) is 4.96. The van der Waals surface area contributed by atoms with Crippen LogP contribution in [0.25, 0.3) is 15.9 Å². The highest BCUT2D eigenvalue weighted by atomic mass is 32.1. The van der Waals surface area contributed by atoms with E-state index in [1.54, 1.807) is 10.6 Å². The SMILES string of the molecule is CC(C)(C)NC(=O)OC1CCC(Nc2sc3c(ccc(=O)n3-c3ccccc3)c2C(=O)c2ccccc2)CC1. The third-order valence-corrected chi connectivity index (χ3v) is 7.90. The van der Waals surface area contributed by atoms with Crippen LogP contribution in [0, 0.1) is 0 Å². The second-order valence-electron chi connectivity index (χ2n) is 11.0. The molecule has 4 aromatic rings. The Morgan fingerprint density at radius 3 is 2.18 bits per heavy atom. The minimum absolute atomic E-state index is 0.0847. The number of alkyl carbamates (subject to hydrolysis) is 1. The predicted molar refractivity (Wildman–Crippen MR) is 156 cm³/mol. The van der Waals surface area contributed by atoms with Crippen molar-refractivity contribution in [2.24, 2.45) is 0 Å². The summed E-state index contributed by atoms with van der Waals surface area (Å²) >= 11 is 1.43. The average molecular weight is 544 g/mol. The number of rotatable bonds is 6. The number of hydrogen-bond donors (Lipinski definition) is 2. The number of carbonyl (C=O) groups is 2. The van der Waals surface area contributed by atoms with Gasteiger partial charge in [0, 0.05) is 28.6 Å². The van der Waals surface area contributed by atoms with Crippen LogP contribution in [0.15, 0.2) is 77.6 Å². The monoisotopic (exact) mass is 543 g/mol. The molecule has 39 heavy (non-hydrogen) atoms. The summed E-state index contributed by atoms with van der Waals surface area (Å²) in [5, 5.41) is 7.98. The quantitative estimate of drug-likeness (QED) is 0.270. The van der Waals surface area contributed by atoms with E-state index in [9.17, 15) is 14.4 Å². The van der Waals surface area contributed by atoms with Crippen molar-refractivity contribution in [1.82, 2.24) is 9.88 Å². The van der Waals surface area contributed by atoms with Gasteiger partial charge in [0.05, 0.1) is 11.3 Å². The highest BCUT2D eigenvalue weighted by Crippen LogP contribution is 2.39. The number of ketones is 1.